The average Bonchev–Trinajstić information content (AvgIpc) is 2.42. The lowest BCUT2D eigenvalue weighted by molar-refractivity contribution is -0.120. The molecule has 0 saturated carbocycles. The van der Waals surface area contributed by atoms with Crippen LogP contribution in [0.4, 0.5) is 0 Å². The number of para-hydroxylation sites is 1. The van der Waals surface area contributed by atoms with Crippen LogP contribution in [0.1, 0.15) is 12.0 Å². The molecule has 0 unspecified atom stereocenters. The van der Waals surface area contributed by atoms with Crippen molar-refractivity contribution in [3.63, 3.8) is 0 Å². The van der Waals surface area contributed by atoms with E-state index < -0.39 is 0 Å². The number of nitrogens with one attached hydrogen (secondary N) is 2. The van der Waals surface area contributed by atoms with E-state index in [0.29, 0.717) is 26.1 Å². The Morgan fingerprint density at radius 3 is 2.94 bits per heavy atom. The summed E-state index contributed by atoms with van der Waals surface area (Å²) >= 11 is 0. The van der Waals surface area contributed by atoms with Gasteiger partial charge in [0.2, 0.25) is 5.91 Å². The van der Waals surface area contributed by atoms with Crippen molar-refractivity contribution in [1.82, 2.24) is 10.6 Å². The van der Waals surface area contributed by atoms with Gasteiger partial charge >= 0.3 is 0 Å². The van der Waals surface area contributed by atoms with E-state index in [-0.39, 0.29) is 5.91 Å². The molecule has 1 amide bonds. The minimum atomic E-state index is 0.0405. The van der Waals surface area contributed by atoms with E-state index in [1.807, 2.05) is 24.3 Å². The summed E-state index contributed by atoms with van der Waals surface area (Å²) in [5.41, 5.74) is 1.08. The Balaban J connectivity index is 2.41. The quantitative estimate of drug-likeness (QED) is 0.541. The predicted octanol–water partition coefficient (Wildman–Crippen LogP) is 1.48. The van der Waals surface area contributed by atoms with Crippen LogP contribution in [0.2, 0.25) is 0 Å². The zero-order chi connectivity index (χ0) is 13.2. The SMILES string of the molecule is C=CCOc1ccccc1CNCCC(=O)NC. The maximum Gasteiger partial charge on any atom is 0.221 e. The number of benzene rings is 1. The van der Waals surface area contributed by atoms with Crippen molar-refractivity contribution in [3.05, 3.63) is 42.5 Å². The number of carbonyl (C=O) groups is 1. The van der Waals surface area contributed by atoms with Crippen LogP contribution >= 0.6 is 0 Å². The summed E-state index contributed by atoms with van der Waals surface area (Å²) in [6, 6.07) is 7.84. The molecule has 0 radical (unpaired) electrons. The molecule has 4 nitrogen and oxygen atoms in total. The largest absolute Gasteiger partial charge is 0.489 e. The summed E-state index contributed by atoms with van der Waals surface area (Å²) in [5, 5.41) is 5.81. The zero-order valence-corrected chi connectivity index (χ0v) is 10.7. The van der Waals surface area contributed by atoms with Crippen LogP contribution in [0, 0.1) is 0 Å². The van der Waals surface area contributed by atoms with Crippen LogP contribution in [0.15, 0.2) is 36.9 Å². The maximum absolute atomic E-state index is 11.0. The van der Waals surface area contributed by atoms with Gasteiger partial charge in [-0.15, -0.1) is 0 Å². The van der Waals surface area contributed by atoms with Crippen LogP contribution in [-0.2, 0) is 11.3 Å². The van der Waals surface area contributed by atoms with Crippen molar-refractivity contribution in [3.8, 4) is 5.75 Å². The third-order valence-electron chi connectivity index (χ3n) is 2.45. The molecule has 4 heteroatoms. The van der Waals surface area contributed by atoms with Gasteiger partial charge in [-0.25, -0.2) is 0 Å². The second kappa shape index (κ2) is 8.31. The number of rotatable bonds is 8. The normalized spacial score (nSPS) is 9.83. The Morgan fingerprint density at radius 1 is 1.44 bits per heavy atom. The highest BCUT2D eigenvalue weighted by Gasteiger charge is 2.02. The van der Waals surface area contributed by atoms with Crippen LogP contribution in [0.3, 0.4) is 0 Å². The lowest BCUT2D eigenvalue weighted by Crippen LogP contribution is -2.24. The molecule has 0 heterocycles. The van der Waals surface area contributed by atoms with Crippen LogP contribution in [0.25, 0.3) is 0 Å². The maximum atomic E-state index is 11.0. The first-order valence-electron chi connectivity index (χ1n) is 6.00. The van der Waals surface area contributed by atoms with Crippen LogP contribution in [0.5, 0.6) is 5.75 Å². The monoisotopic (exact) mass is 248 g/mol. The number of hydrogen-bond acceptors (Lipinski definition) is 3. The smallest absolute Gasteiger partial charge is 0.221 e. The number of ether oxygens (including phenoxy) is 1. The number of amides is 1. The van der Waals surface area contributed by atoms with Crippen molar-refractivity contribution in [2.45, 2.75) is 13.0 Å². The first-order chi connectivity index (χ1) is 8.77. The van der Waals surface area contributed by atoms with E-state index in [1.165, 1.54) is 0 Å². The molecule has 0 atom stereocenters. The third-order valence-corrected chi connectivity index (χ3v) is 2.45. The molecule has 2 N–H and O–H groups in total. The number of carbonyl (C=O) groups excluding carboxylic acids is 1. The van der Waals surface area contributed by atoms with E-state index in [1.54, 1.807) is 13.1 Å². The summed E-state index contributed by atoms with van der Waals surface area (Å²) in [5.74, 6) is 0.892. The number of hydrogen-bond donors (Lipinski definition) is 2. The van der Waals surface area contributed by atoms with E-state index in [0.717, 1.165) is 11.3 Å². The fraction of sp³-hybridized carbons (Fsp3) is 0.357. The van der Waals surface area contributed by atoms with Crippen LogP contribution in [-0.4, -0.2) is 26.1 Å². The van der Waals surface area contributed by atoms with Crippen molar-refractivity contribution >= 4 is 5.91 Å². The molecule has 0 bridgehead atoms. The third kappa shape index (κ3) is 5.01. The Hall–Kier alpha value is -1.81. The predicted molar refractivity (Wildman–Crippen MR) is 72.5 cm³/mol. The average molecular weight is 248 g/mol. The molecule has 18 heavy (non-hydrogen) atoms. The molecule has 0 aliphatic rings. The van der Waals surface area contributed by atoms with Gasteiger partial charge in [0.15, 0.2) is 0 Å². The molecule has 1 rings (SSSR count). The second-order valence-corrected chi connectivity index (χ2v) is 3.81. The Morgan fingerprint density at radius 2 is 2.22 bits per heavy atom. The fourth-order valence-corrected chi connectivity index (χ4v) is 1.49. The van der Waals surface area contributed by atoms with E-state index in [4.69, 9.17) is 4.74 Å². The van der Waals surface area contributed by atoms with Crippen LogP contribution < -0.4 is 15.4 Å². The van der Waals surface area contributed by atoms with Gasteiger partial charge in [0.1, 0.15) is 12.4 Å². The molecule has 98 valence electrons. The molecule has 0 spiro atoms. The molecular formula is C14H20N2O2. The van der Waals surface area contributed by atoms with Crippen molar-refractivity contribution in [2.75, 3.05) is 20.2 Å². The summed E-state index contributed by atoms with van der Waals surface area (Å²) in [4.78, 5) is 11.0. The highest BCUT2D eigenvalue weighted by Crippen LogP contribution is 2.17. The van der Waals surface area contributed by atoms with Gasteiger partial charge < -0.3 is 15.4 Å². The summed E-state index contributed by atoms with van der Waals surface area (Å²) in [7, 11) is 1.64. The van der Waals surface area contributed by atoms with Gasteiger partial charge in [-0.05, 0) is 6.07 Å². The second-order valence-electron chi connectivity index (χ2n) is 3.81. The standard InChI is InChI=1S/C14H20N2O2/c1-3-10-18-13-7-5-4-6-12(13)11-16-9-8-14(17)15-2/h3-7,16H,1,8-11H2,2H3,(H,15,17). The summed E-state index contributed by atoms with van der Waals surface area (Å²) in [6.07, 6.45) is 2.20. The Kier molecular flexibility index (Phi) is 6.58. The highest BCUT2D eigenvalue weighted by atomic mass is 16.5. The van der Waals surface area contributed by atoms with E-state index >= 15 is 0 Å². The van der Waals surface area contributed by atoms with Crippen molar-refractivity contribution in [1.29, 1.82) is 0 Å². The molecule has 0 saturated heterocycles. The van der Waals surface area contributed by atoms with Crippen molar-refractivity contribution < 1.29 is 9.53 Å². The van der Waals surface area contributed by atoms with E-state index in [2.05, 4.69) is 17.2 Å². The van der Waals surface area contributed by atoms with Gasteiger partial charge in [0, 0.05) is 32.1 Å². The van der Waals surface area contributed by atoms with Gasteiger partial charge in [0.25, 0.3) is 0 Å². The fourth-order valence-electron chi connectivity index (χ4n) is 1.49. The first kappa shape index (κ1) is 14.3. The Bertz CT molecular complexity index is 391. The first-order valence-corrected chi connectivity index (χ1v) is 6.00. The molecule has 1 aromatic carbocycles. The highest BCUT2D eigenvalue weighted by molar-refractivity contribution is 5.75. The topological polar surface area (TPSA) is 50.4 Å². The van der Waals surface area contributed by atoms with Gasteiger partial charge in [-0.3, -0.25) is 4.79 Å². The zero-order valence-electron chi connectivity index (χ0n) is 10.7. The van der Waals surface area contributed by atoms with E-state index in [9.17, 15) is 4.79 Å². The molecule has 0 aliphatic carbocycles. The van der Waals surface area contributed by atoms with Gasteiger partial charge in [-0.1, -0.05) is 30.9 Å². The van der Waals surface area contributed by atoms with Crippen molar-refractivity contribution in [2.24, 2.45) is 0 Å². The lowest BCUT2D eigenvalue weighted by atomic mass is 10.2. The minimum Gasteiger partial charge on any atom is -0.489 e. The minimum absolute atomic E-state index is 0.0405. The summed E-state index contributed by atoms with van der Waals surface area (Å²) < 4.78 is 5.55. The molecule has 0 aliphatic heterocycles. The molecule has 1 aromatic rings. The van der Waals surface area contributed by atoms with Gasteiger partial charge in [-0.2, -0.15) is 0 Å². The molecular weight excluding hydrogens is 228 g/mol. The van der Waals surface area contributed by atoms with Gasteiger partial charge in [0.05, 0.1) is 0 Å². The Labute approximate surface area is 108 Å². The molecule has 0 aromatic heterocycles. The summed E-state index contributed by atoms with van der Waals surface area (Å²) in [6.45, 7) is 5.45. The lowest BCUT2D eigenvalue weighted by Gasteiger charge is -2.10. The molecule has 0 fully saturated rings.